The van der Waals surface area contributed by atoms with E-state index in [1.165, 1.54) is 103 Å². The van der Waals surface area contributed by atoms with E-state index in [1.54, 1.807) is 0 Å². The van der Waals surface area contributed by atoms with Gasteiger partial charge in [-0.1, -0.05) is 192 Å². The maximum atomic E-state index is 2.49. The van der Waals surface area contributed by atoms with Gasteiger partial charge in [0, 0.05) is 41.7 Å². The first kappa shape index (κ1) is 36.5. The third kappa shape index (κ3) is 5.91. The van der Waals surface area contributed by atoms with E-state index in [1.807, 2.05) is 23.5 Å². The van der Waals surface area contributed by atoms with E-state index in [0.29, 0.717) is 0 Å². The smallest absolute Gasteiger partial charge is 0.247 e. The molecule has 4 heterocycles. The lowest BCUT2D eigenvalue weighted by molar-refractivity contribution is 1.13. The van der Waals surface area contributed by atoms with Crippen molar-refractivity contribution in [2.45, 2.75) is 19.6 Å². The van der Waals surface area contributed by atoms with Crippen LogP contribution in [-0.4, -0.2) is 15.8 Å². The second-order valence-corrected chi connectivity index (χ2v) is 18.5. The zero-order chi connectivity index (χ0) is 41.4. The highest BCUT2D eigenvalue weighted by molar-refractivity contribution is 8.01. The summed E-state index contributed by atoms with van der Waals surface area (Å²) in [4.78, 5) is 5.38. The molecule has 11 aromatic rings. The van der Waals surface area contributed by atoms with Crippen LogP contribution in [0, 0.1) is 0 Å². The summed E-state index contributed by atoms with van der Waals surface area (Å²) in [6, 6.07) is 82.7. The summed E-state index contributed by atoms with van der Waals surface area (Å²) in [7, 11) is 0. The number of benzene rings is 9. The van der Waals surface area contributed by atoms with Crippen LogP contribution in [0.5, 0.6) is 0 Å². The zero-order valence-electron chi connectivity index (χ0n) is 34.2. The number of fused-ring (bicyclic) bond motifs is 6. The summed E-state index contributed by atoms with van der Waals surface area (Å²) >= 11 is 3.87. The van der Waals surface area contributed by atoms with E-state index in [4.69, 9.17) is 0 Å². The van der Waals surface area contributed by atoms with Gasteiger partial charge in [0.25, 0.3) is 0 Å². The Hall–Kier alpha value is -7.18. The lowest BCUT2D eigenvalue weighted by Crippen LogP contribution is -2.58. The molecule has 0 fully saturated rings. The van der Waals surface area contributed by atoms with E-state index >= 15 is 0 Å². The first-order valence-corrected chi connectivity index (χ1v) is 23.2. The van der Waals surface area contributed by atoms with Crippen LogP contribution in [0.4, 0.5) is 0 Å². The number of rotatable bonds is 6. The summed E-state index contributed by atoms with van der Waals surface area (Å²) in [6.45, 7) is 0.144. The summed E-state index contributed by atoms with van der Waals surface area (Å²) in [5.41, 5.74) is 18.7. The highest BCUT2D eigenvalue weighted by atomic mass is 32.2. The first-order valence-electron chi connectivity index (χ1n) is 21.5. The molecule has 0 bridgehead atoms. The standard InChI is InChI=1S/C58H37BN2S2/c1-3-17-44(18-4-1)60-50-23-11-7-15-42(50)35-52(60)40-31-27-38(28-32-40)46-37-47(58-56-57(46)62-54-25-13-9-21-48(54)59(56)49-22-10-14-26-55(49)63-58)39-29-33-41(34-30-39)53-36-43-16-8-12-24-51(43)61(53)45-19-5-2-6-20-45/h1-37H. The average Bonchev–Trinajstić information content (AvgIpc) is 3.94. The van der Waals surface area contributed by atoms with Gasteiger partial charge < -0.3 is 9.13 Å². The van der Waals surface area contributed by atoms with Gasteiger partial charge in [-0.2, -0.15) is 0 Å². The predicted octanol–water partition coefficient (Wildman–Crippen LogP) is 13.7. The summed E-state index contributed by atoms with van der Waals surface area (Å²) < 4.78 is 4.78. The Labute approximate surface area is 375 Å². The quantitative estimate of drug-likeness (QED) is 0.154. The molecule has 2 aliphatic rings. The van der Waals surface area contributed by atoms with Gasteiger partial charge >= 0.3 is 0 Å². The van der Waals surface area contributed by atoms with Crippen molar-refractivity contribution in [3.05, 3.63) is 224 Å². The van der Waals surface area contributed by atoms with Gasteiger partial charge in [-0.15, -0.1) is 0 Å². The Morgan fingerprint density at radius 3 is 1.17 bits per heavy atom. The maximum Gasteiger partial charge on any atom is 0.247 e. The minimum atomic E-state index is 0.144. The molecular weight excluding hydrogens is 800 g/mol. The van der Waals surface area contributed by atoms with Crippen LogP contribution in [0.25, 0.3) is 77.9 Å². The molecule has 2 nitrogen and oxygen atoms in total. The van der Waals surface area contributed by atoms with Crippen LogP contribution in [-0.2, 0) is 0 Å². The molecule has 0 aliphatic carbocycles. The lowest BCUT2D eigenvalue weighted by atomic mass is 9.36. The molecule has 9 aromatic carbocycles. The number of hydrogen-bond acceptors (Lipinski definition) is 2. The van der Waals surface area contributed by atoms with E-state index < -0.39 is 0 Å². The van der Waals surface area contributed by atoms with Crippen molar-refractivity contribution in [2.24, 2.45) is 0 Å². The van der Waals surface area contributed by atoms with Crippen LogP contribution in [0.1, 0.15) is 0 Å². The van der Waals surface area contributed by atoms with Crippen molar-refractivity contribution in [1.82, 2.24) is 9.13 Å². The SMILES string of the molecule is c1ccc(-n2c(-c3ccc(-c4cc(-c5ccc(-c6cc7ccccc7n6-c6ccccc6)cc5)c5c6c4Sc4ccccc4B6c4ccccc4S5)cc3)cc3ccccc32)cc1. The Kier molecular flexibility index (Phi) is 8.53. The maximum absolute atomic E-state index is 2.49. The van der Waals surface area contributed by atoms with Gasteiger partial charge in [0.2, 0.25) is 6.71 Å². The molecule has 0 saturated heterocycles. The topological polar surface area (TPSA) is 9.86 Å². The fourth-order valence-corrected chi connectivity index (χ4v) is 12.6. The normalized spacial score (nSPS) is 12.6. The number of nitrogens with zero attached hydrogens (tertiary/aromatic N) is 2. The summed E-state index contributed by atoms with van der Waals surface area (Å²) in [5, 5.41) is 2.46. The fourth-order valence-electron chi connectivity index (χ4n) is 9.99. The Bertz CT molecular complexity index is 3320. The van der Waals surface area contributed by atoms with E-state index in [0.717, 1.165) is 11.4 Å². The molecule has 0 unspecified atom stereocenters. The zero-order valence-corrected chi connectivity index (χ0v) is 35.8. The van der Waals surface area contributed by atoms with Crippen molar-refractivity contribution >= 4 is 68.4 Å². The second kappa shape index (κ2) is 14.7. The van der Waals surface area contributed by atoms with Crippen molar-refractivity contribution in [3.8, 4) is 56.1 Å². The van der Waals surface area contributed by atoms with Gasteiger partial charge in [-0.05, 0) is 106 Å². The van der Waals surface area contributed by atoms with Crippen LogP contribution in [0.3, 0.4) is 0 Å². The van der Waals surface area contributed by atoms with Crippen molar-refractivity contribution < 1.29 is 0 Å². The second-order valence-electron chi connectivity index (χ2n) is 16.4. The monoisotopic (exact) mass is 836 g/mol. The third-order valence-electron chi connectivity index (χ3n) is 12.9. The largest absolute Gasteiger partial charge is 0.309 e. The Morgan fingerprint density at radius 1 is 0.333 bits per heavy atom. The molecule has 294 valence electrons. The van der Waals surface area contributed by atoms with E-state index in [-0.39, 0.29) is 6.71 Å². The third-order valence-corrected chi connectivity index (χ3v) is 15.3. The highest BCUT2D eigenvalue weighted by Crippen LogP contribution is 2.48. The molecule has 0 amide bonds. The minimum absolute atomic E-state index is 0.144. The molecule has 2 aliphatic heterocycles. The van der Waals surface area contributed by atoms with Gasteiger partial charge in [0.05, 0.1) is 22.4 Å². The first-order chi connectivity index (χ1) is 31.2. The average molecular weight is 837 g/mol. The summed E-state index contributed by atoms with van der Waals surface area (Å²) in [6.07, 6.45) is 0. The van der Waals surface area contributed by atoms with Crippen molar-refractivity contribution in [1.29, 1.82) is 0 Å². The van der Waals surface area contributed by atoms with Gasteiger partial charge in [0.15, 0.2) is 0 Å². The molecule has 63 heavy (non-hydrogen) atoms. The molecule has 0 N–H and O–H groups in total. The van der Waals surface area contributed by atoms with Gasteiger partial charge in [-0.25, -0.2) is 0 Å². The van der Waals surface area contributed by atoms with Crippen molar-refractivity contribution in [2.75, 3.05) is 0 Å². The van der Waals surface area contributed by atoms with Crippen LogP contribution < -0.4 is 16.4 Å². The molecule has 13 rings (SSSR count). The Morgan fingerprint density at radius 2 is 0.714 bits per heavy atom. The van der Waals surface area contributed by atoms with Crippen LogP contribution in [0.2, 0.25) is 0 Å². The molecule has 0 atom stereocenters. The minimum Gasteiger partial charge on any atom is -0.309 e. The number of hydrogen-bond donors (Lipinski definition) is 0. The van der Waals surface area contributed by atoms with E-state index in [2.05, 4.69) is 234 Å². The molecule has 5 heteroatoms. The fraction of sp³-hybridized carbons (Fsp3) is 0. The molecule has 2 aromatic heterocycles. The van der Waals surface area contributed by atoms with Crippen molar-refractivity contribution in [3.63, 3.8) is 0 Å². The summed E-state index contributed by atoms with van der Waals surface area (Å²) in [5.74, 6) is 0. The van der Waals surface area contributed by atoms with Gasteiger partial charge in [-0.3, -0.25) is 0 Å². The van der Waals surface area contributed by atoms with Gasteiger partial charge in [0.1, 0.15) is 0 Å². The number of aromatic nitrogens is 2. The highest BCUT2D eigenvalue weighted by Gasteiger charge is 2.40. The van der Waals surface area contributed by atoms with E-state index in [9.17, 15) is 0 Å². The lowest BCUT2D eigenvalue weighted by Gasteiger charge is -2.35. The van der Waals surface area contributed by atoms with Crippen LogP contribution in [0.15, 0.2) is 244 Å². The molecular formula is C58H37BN2S2. The Balaban J connectivity index is 0.990. The van der Waals surface area contributed by atoms with Crippen LogP contribution >= 0.6 is 23.5 Å². The molecule has 0 saturated carbocycles. The molecule has 0 radical (unpaired) electrons. The number of para-hydroxylation sites is 4. The predicted molar refractivity (Wildman–Crippen MR) is 268 cm³/mol. The molecule has 0 spiro atoms.